The maximum atomic E-state index is 6.57. The Morgan fingerprint density at radius 1 is 1.06 bits per heavy atom. The molecule has 17 heavy (non-hydrogen) atoms. The van der Waals surface area contributed by atoms with Crippen molar-refractivity contribution in [3.63, 3.8) is 0 Å². The Morgan fingerprint density at radius 3 is 1.88 bits per heavy atom. The van der Waals surface area contributed by atoms with Crippen molar-refractivity contribution in [2.75, 3.05) is 30.8 Å². The first-order chi connectivity index (χ1) is 7.46. The average Bonchev–Trinajstić information content (AvgIpc) is 2.12. The first kappa shape index (κ1) is 17.7. The minimum atomic E-state index is -0.943. The number of hydrogen-bond acceptors (Lipinski definition) is 1. The lowest BCUT2D eigenvalue weighted by molar-refractivity contribution is 0.231. The van der Waals surface area contributed by atoms with Gasteiger partial charge in [-0.25, -0.2) is 10.0 Å². The van der Waals surface area contributed by atoms with Crippen LogP contribution in [0, 0.1) is 0 Å². The van der Waals surface area contributed by atoms with Gasteiger partial charge in [0.15, 0.2) is 0 Å². The van der Waals surface area contributed by atoms with E-state index >= 15 is 0 Å². The van der Waals surface area contributed by atoms with Crippen molar-refractivity contribution in [1.82, 2.24) is 0 Å². The van der Waals surface area contributed by atoms with E-state index in [9.17, 15) is 0 Å². The molecular weight excluding hydrogens is 248 g/mol. The molecule has 0 aliphatic heterocycles. The predicted molar refractivity (Wildman–Crippen MR) is 89.0 cm³/mol. The maximum Gasteiger partial charge on any atom is 0.105 e. The summed E-state index contributed by atoms with van der Waals surface area (Å²) in [6.07, 6.45) is 12.1. The van der Waals surface area contributed by atoms with E-state index in [0.717, 1.165) is 0 Å². The molecule has 0 saturated carbocycles. The van der Waals surface area contributed by atoms with Gasteiger partial charge in [-0.05, 0) is 51.0 Å². The molecule has 108 valence electrons. The lowest BCUT2D eigenvalue weighted by atomic mass is 10.4. The Balaban J connectivity index is 4.76. The second-order valence-electron chi connectivity index (χ2n) is 6.44. The molecule has 0 aliphatic carbocycles. The Kier molecular flexibility index (Phi) is 6.45. The highest BCUT2D eigenvalue weighted by atomic mass is 32.3. The standard InChI is InChI=1S/C14H34OS2/c1-10-11-12-16(6,7)14(4,5)15-17(8,9)13(2)3/h13H,10-12H2,1-9H3. The molecule has 0 amide bonds. The summed E-state index contributed by atoms with van der Waals surface area (Å²) in [4.78, 5) is 0.0330. The molecule has 0 atom stereocenters. The Morgan fingerprint density at radius 2 is 1.53 bits per heavy atom. The van der Waals surface area contributed by atoms with Gasteiger partial charge in [0, 0.05) is 5.25 Å². The van der Waals surface area contributed by atoms with Crippen LogP contribution < -0.4 is 0 Å². The summed E-state index contributed by atoms with van der Waals surface area (Å²) in [6.45, 7) is 11.4. The van der Waals surface area contributed by atoms with Crippen LogP contribution in [-0.2, 0) is 4.18 Å². The highest BCUT2D eigenvalue weighted by Crippen LogP contribution is 2.61. The Bertz CT molecular complexity index is 232. The smallest absolute Gasteiger partial charge is 0.105 e. The topological polar surface area (TPSA) is 9.23 Å². The first-order valence-corrected chi connectivity index (χ1v) is 11.7. The summed E-state index contributed by atoms with van der Waals surface area (Å²) in [5.41, 5.74) is 0. The van der Waals surface area contributed by atoms with Gasteiger partial charge < -0.3 is 4.18 Å². The van der Waals surface area contributed by atoms with Crippen LogP contribution in [-0.4, -0.2) is 41.0 Å². The highest BCUT2D eigenvalue weighted by Gasteiger charge is 2.37. The van der Waals surface area contributed by atoms with E-state index in [1.165, 1.54) is 18.6 Å². The zero-order valence-corrected chi connectivity index (χ0v) is 15.1. The van der Waals surface area contributed by atoms with Gasteiger partial charge in [-0.3, -0.25) is 0 Å². The zero-order valence-electron chi connectivity index (χ0n) is 13.4. The summed E-state index contributed by atoms with van der Waals surface area (Å²) >= 11 is 0. The van der Waals surface area contributed by atoms with Gasteiger partial charge in [0.2, 0.25) is 0 Å². The minimum Gasteiger partial charge on any atom is -0.322 e. The molecule has 0 bridgehead atoms. The van der Waals surface area contributed by atoms with E-state index in [2.05, 4.69) is 59.6 Å². The van der Waals surface area contributed by atoms with Crippen LogP contribution in [0.3, 0.4) is 0 Å². The summed E-state index contributed by atoms with van der Waals surface area (Å²) in [5.74, 6) is 1.32. The second-order valence-corrected chi connectivity index (χ2v) is 14.6. The summed E-state index contributed by atoms with van der Waals surface area (Å²) in [6, 6.07) is 0. The Labute approximate surface area is 113 Å². The molecule has 1 nitrogen and oxygen atoms in total. The third-order valence-electron chi connectivity index (χ3n) is 3.89. The fourth-order valence-corrected chi connectivity index (χ4v) is 5.45. The van der Waals surface area contributed by atoms with E-state index in [1.54, 1.807) is 0 Å². The number of rotatable bonds is 7. The van der Waals surface area contributed by atoms with Crippen LogP contribution in [0.15, 0.2) is 0 Å². The summed E-state index contributed by atoms with van der Waals surface area (Å²) in [5, 5.41) is 0.628. The third-order valence-corrected chi connectivity index (χ3v) is 11.2. The zero-order chi connectivity index (χ0) is 13.9. The fraction of sp³-hybridized carbons (Fsp3) is 1.00. The van der Waals surface area contributed by atoms with Crippen molar-refractivity contribution in [3.05, 3.63) is 0 Å². The van der Waals surface area contributed by atoms with Gasteiger partial charge in [-0.1, -0.05) is 27.2 Å². The van der Waals surface area contributed by atoms with E-state index in [1.807, 2.05) is 0 Å². The molecule has 0 aromatic carbocycles. The molecule has 0 spiro atoms. The highest BCUT2D eigenvalue weighted by molar-refractivity contribution is 8.34. The van der Waals surface area contributed by atoms with Crippen LogP contribution in [0.2, 0.25) is 0 Å². The number of hydrogen-bond donors (Lipinski definition) is 0. The van der Waals surface area contributed by atoms with Crippen LogP contribution in [0.4, 0.5) is 0 Å². The SMILES string of the molecule is CCCCS(C)(C)C(C)(C)OS(C)(C)C(C)C. The first-order valence-electron chi connectivity index (χ1n) is 6.59. The van der Waals surface area contributed by atoms with Gasteiger partial charge in [0.1, 0.15) is 4.93 Å². The molecule has 0 unspecified atom stereocenters. The Hall–Kier alpha value is 0.660. The fourth-order valence-electron chi connectivity index (χ4n) is 1.46. The molecule has 0 aliphatic rings. The van der Waals surface area contributed by atoms with Crippen LogP contribution in [0.5, 0.6) is 0 Å². The van der Waals surface area contributed by atoms with Crippen molar-refractivity contribution in [3.8, 4) is 0 Å². The molecule has 0 N–H and O–H groups in total. The largest absolute Gasteiger partial charge is 0.322 e. The number of unbranched alkanes of at least 4 members (excludes halogenated alkanes) is 1. The van der Waals surface area contributed by atoms with Crippen molar-refractivity contribution >= 4 is 20.3 Å². The van der Waals surface area contributed by atoms with Gasteiger partial charge in [0.05, 0.1) is 0 Å². The summed E-state index contributed by atoms with van der Waals surface area (Å²) < 4.78 is 6.57. The molecule has 0 aromatic rings. The predicted octanol–water partition coefficient (Wildman–Crippen LogP) is 4.99. The van der Waals surface area contributed by atoms with E-state index in [4.69, 9.17) is 4.18 Å². The van der Waals surface area contributed by atoms with Crippen LogP contribution >= 0.6 is 20.3 Å². The lowest BCUT2D eigenvalue weighted by Crippen LogP contribution is -2.35. The molecule has 3 heteroatoms. The monoisotopic (exact) mass is 282 g/mol. The normalized spacial score (nSPS) is 16.4. The second kappa shape index (κ2) is 6.21. The molecule has 0 radical (unpaired) electrons. The van der Waals surface area contributed by atoms with Crippen molar-refractivity contribution < 1.29 is 4.18 Å². The third kappa shape index (κ3) is 5.04. The van der Waals surface area contributed by atoms with Crippen molar-refractivity contribution in [2.45, 2.75) is 57.6 Å². The maximum absolute atomic E-state index is 6.57. The van der Waals surface area contributed by atoms with E-state index in [0.29, 0.717) is 5.25 Å². The van der Waals surface area contributed by atoms with Gasteiger partial charge in [0.25, 0.3) is 0 Å². The van der Waals surface area contributed by atoms with Gasteiger partial charge >= 0.3 is 0 Å². The van der Waals surface area contributed by atoms with Crippen LogP contribution in [0.1, 0.15) is 47.5 Å². The van der Waals surface area contributed by atoms with Crippen molar-refractivity contribution in [2.24, 2.45) is 0 Å². The molecule has 0 rings (SSSR count). The molecule has 0 saturated heterocycles. The molecule has 0 heterocycles. The minimum absolute atomic E-state index is 0.0330. The van der Waals surface area contributed by atoms with Gasteiger partial charge in [-0.2, -0.15) is 0 Å². The van der Waals surface area contributed by atoms with Crippen molar-refractivity contribution in [1.29, 1.82) is 0 Å². The van der Waals surface area contributed by atoms with Gasteiger partial charge in [-0.15, -0.1) is 10.3 Å². The summed E-state index contributed by atoms with van der Waals surface area (Å²) in [7, 11) is -1.63. The van der Waals surface area contributed by atoms with E-state index in [-0.39, 0.29) is 4.93 Å². The molecular formula is C14H34OS2. The molecule has 0 aromatic heterocycles. The molecule has 0 fully saturated rings. The lowest BCUT2D eigenvalue weighted by Gasteiger charge is -2.52. The van der Waals surface area contributed by atoms with Crippen LogP contribution in [0.25, 0.3) is 0 Å². The quantitative estimate of drug-likeness (QED) is 0.639. The van der Waals surface area contributed by atoms with E-state index < -0.39 is 20.3 Å². The average molecular weight is 283 g/mol.